The maximum absolute atomic E-state index is 11.9. The predicted octanol–water partition coefficient (Wildman–Crippen LogP) is 0.714. The van der Waals surface area contributed by atoms with Gasteiger partial charge in [-0.1, -0.05) is 23.2 Å². The largest absolute Gasteiger partial charge is 0.481 e. The Balaban J connectivity index is 1.90. The van der Waals surface area contributed by atoms with Crippen LogP contribution in [0.1, 0.15) is 19.3 Å². The second-order valence-electron chi connectivity index (χ2n) is 5.14. The average molecular weight is 323 g/mol. The summed E-state index contributed by atoms with van der Waals surface area (Å²) >= 11 is 11.1. The van der Waals surface area contributed by atoms with Gasteiger partial charge in [-0.25, -0.2) is 0 Å². The molecule has 112 valence electrons. The Hall–Kier alpha value is -1.01. The average Bonchev–Trinajstić information content (AvgIpc) is 2.80. The second kappa shape index (κ2) is 6.18. The SMILES string of the molecule is O=C(O)C1CC(=O)N(C2CCN(C(=O)C(Cl)Cl)CC2)C1. The van der Waals surface area contributed by atoms with Crippen LogP contribution in [0.3, 0.4) is 0 Å². The molecule has 6 nitrogen and oxygen atoms in total. The van der Waals surface area contributed by atoms with E-state index in [9.17, 15) is 14.4 Å². The summed E-state index contributed by atoms with van der Waals surface area (Å²) in [5, 5.41) is 8.96. The molecular formula is C12H16Cl2N2O4. The van der Waals surface area contributed by atoms with Gasteiger partial charge in [0.25, 0.3) is 5.91 Å². The van der Waals surface area contributed by atoms with E-state index in [-0.39, 0.29) is 30.8 Å². The molecule has 0 radical (unpaired) electrons. The van der Waals surface area contributed by atoms with Crippen molar-refractivity contribution < 1.29 is 19.5 Å². The molecular weight excluding hydrogens is 307 g/mol. The minimum Gasteiger partial charge on any atom is -0.481 e. The van der Waals surface area contributed by atoms with Gasteiger partial charge in [0.05, 0.1) is 5.92 Å². The van der Waals surface area contributed by atoms with E-state index >= 15 is 0 Å². The molecule has 1 atom stereocenters. The maximum Gasteiger partial charge on any atom is 0.308 e. The number of carbonyl (C=O) groups is 3. The molecule has 0 bridgehead atoms. The standard InChI is InChI=1S/C12H16Cl2N2O4/c13-10(14)11(18)15-3-1-8(2-4-15)16-6-7(12(19)20)5-9(16)17/h7-8,10H,1-6H2,(H,19,20). The number of hydrogen-bond acceptors (Lipinski definition) is 3. The van der Waals surface area contributed by atoms with Crippen LogP contribution in [0.2, 0.25) is 0 Å². The molecule has 2 aliphatic heterocycles. The smallest absolute Gasteiger partial charge is 0.308 e. The molecule has 2 fully saturated rings. The van der Waals surface area contributed by atoms with Crippen LogP contribution < -0.4 is 0 Å². The molecule has 0 saturated carbocycles. The summed E-state index contributed by atoms with van der Waals surface area (Å²) in [4.78, 5) is 36.6. The van der Waals surface area contributed by atoms with Crippen LogP contribution in [0, 0.1) is 5.92 Å². The first-order valence-electron chi connectivity index (χ1n) is 6.49. The van der Waals surface area contributed by atoms with Crippen molar-refractivity contribution in [1.29, 1.82) is 0 Å². The number of aliphatic carboxylic acids is 1. The molecule has 8 heteroatoms. The van der Waals surface area contributed by atoms with Gasteiger partial charge in [0.2, 0.25) is 5.91 Å². The van der Waals surface area contributed by atoms with Crippen molar-refractivity contribution in [3.05, 3.63) is 0 Å². The summed E-state index contributed by atoms with van der Waals surface area (Å²) in [7, 11) is 0. The minimum atomic E-state index is -1.06. The fraction of sp³-hybridized carbons (Fsp3) is 0.750. The fourth-order valence-electron chi connectivity index (χ4n) is 2.79. The highest BCUT2D eigenvalue weighted by molar-refractivity contribution is 6.53. The summed E-state index contributed by atoms with van der Waals surface area (Å²) in [6, 6.07) is 0.000000945. The van der Waals surface area contributed by atoms with Crippen LogP contribution in [0.15, 0.2) is 0 Å². The fourth-order valence-corrected chi connectivity index (χ4v) is 3.06. The highest BCUT2D eigenvalue weighted by atomic mass is 35.5. The van der Waals surface area contributed by atoms with E-state index in [4.69, 9.17) is 28.3 Å². The van der Waals surface area contributed by atoms with E-state index < -0.39 is 16.7 Å². The summed E-state index contributed by atoms with van der Waals surface area (Å²) in [5.74, 6) is -1.98. The predicted molar refractivity (Wildman–Crippen MR) is 72.6 cm³/mol. The number of nitrogens with zero attached hydrogens (tertiary/aromatic N) is 2. The third-order valence-corrected chi connectivity index (χ3v) is 4.28. The number of rotatable bonds is 3. The molecule has 2 aliphatic rings. The van der Waals surface area contributed by atoms with Crippen molar-refractivity contribution in [2.45, 2.75) is 30.1 Å². The van der Waals surface area contributed by atoms with Crippen LogP contribution in [0.25, 0.3) is 0 Å². The Labute approximate surface area is 126 Å². The van der Waals surface area contributed by atoms with E-state index in [0.29, 0.717) is 25.9 Å². The van der Waals surface area contributed by atoms with E-state index in [1.165, 1.54) is 0 Å². The molecule has 1 N–H and O–H groups in total. The van der Waals surface area contributed by atoms with Crippen molar-refractivity contribution in [1.82, 2.24) is 9.80 Å². The zero-order valence-corrected chi connectivity index (χ0v) is 12.3. The Morgan fingerprint density at radius 2 is 1.85 bits per heavy atom. The topological polar surface area (TPSA) is 77.9 Å². The molecule has 0 aromatic rings. The van der Waals surface area contributed by atoms with Crippen LogP contribution in [0.4, 0.5) is 0 Å². The lowest BCUT2D eigenvalue weighted by molar-refractivity contribution is -0.141. The maximum atomic E-state index is 11.9. The number of carboxylic acid groups (broad SMARTS) is 1. The Morgan fingerprint density at radius 3 is 2.30 bits per heavy atom. The van der Waals surface area contributed by atoms with Gasteiger partial charge in [-0.05, 0) is 12.8 Å². The number of carboxylic acids is 1. The normalized spacial score (nSPS) is 24.6. The number of likely N-dealkylation sites (tertiary alicyclic amines) is 2. The van der Waals surface area contributed by atoms with Gasteiger partial charge in [0.15, 0.2) is 4.84 Å². The molecule has 2 amide bonds. The van der Waals surface area contributed by atoms with Crippen LogP contribution in [-0.2, 0) is 14.4 Å². The van der Waals surface area contributed by atoms with Crippen molar-refractivity contribution in [2.24, 2.45) is 5.92 Å². The highest BCUT2D eigenvalue weighted by Crippen LogP contribution is 2.26. The van der Waals surface area contributed by atoms with E-state index in [1.807, 2.05) is 0 Å². The molecule has 0 aliphatic carbocycles. The third-order valence-electron chi connectivity index (χ3n) is 3.91. The number of halogens is 2. The minimum absolute atomic E-state index is 0.000000945. The quantitative estimate of drug-likeness (QED) is 0.776. The van der Waals surface area contributed by atoms with Crippen LogP contribution in [0.5, 0.6) is 0 Å². The zero-order valence-electron chi connectivity index (χ0n) is 10.8. The van der Waals surface area contributed by atoms with Gasteiger partial charge < -0.3 is 14.9 Å². The number of hydrogen-bond donors (Lipinski definition) is 1. The van der Waals surface area contributed by atoms with Crippen molar-refractivity contribution >= 4 is 41.0 Å². The zero-order chi connectivity index (χ0) is 14.9. The van der Waals surface area contributed by atoms with Gasteiger partial charge in [-0.15, -0.1) is 0 Å². The molecule has 1 unspecified atom stereocenters. The second-order valence-corrected chi connectivity index (χ2v) is 6.24. The summed E-state index contributed by atoms with van der Waals surface area (Å²) in [5.41, 5.74) is 0. The van der Waals surface area contributed by atoms with Crippen LogP contribution in [-0.4, -0.2) is 63.2 Å². The molecule has 0 spiro atoms. The lowest BCUT2D eigenvalue weighted by Crippen LogP contribution is -2.48. The first-order valence-corrected chi connectivity index (χ1v) is 7.36. The number of carbonyl (C=O) groups excluding carboxylic acids is 2. The van der Waals surface area contributed by atoms with Gasteiger partial charge in [-0.3, -0.25) is 14.4 Å². The van der Waals surface area contributed by atoms with Gasteiger partial charge in [-0.2, -0.15) is 0 Å². The lowest BCUT2D eigenvalue weighted by atomic mass is 10.0. The van der Waals surface area contributed by atoms with Gasteiger partial charge >= 0.3 is 5.97 Å². The number of piperidine rings is 1. The Kier molecular flexibility index (Phi) is 4.75. The van der Waals surface area contributed by atoms with Crippen molar-refractivity contribution in [3.63, 3.8) is 0 Å². The van der Waals surface area contributed by atoms with Crippen molar-refractivity contribution in [3.8, 4) is 0 Å². The van der Waals surface area contributed by atoms with Gasteiger partial charge in [0.1, 0.15) is 0 Å². The molecule has 0 aromatic heterocycles. The number of amides is 2. The van der Waals surface area contributed by atoms with E-state index in [2.05, 4.69) is 0 Å². The van der Waals surface area contributed by atoms with E-state index in [0.717, 1.165) is 0 Å². The van der Waals surface area contributed by atoms with Gasteiger partial charge in [0, 0.05) is 32.1 Å². The number of alkyl halides is 2. The molecule has 0 aromatic carbocycles. The molecule has 2 saturated heterocycles. The molecule has 20 heavy (non-hydrogen) atoms. The lowest BCUT2D eigenvalue weighted by Gasteiger charge is -2.37. The Bertz CT molecular complexity index is 422. The summed E-state index contributed by atoms with van der Waals surface area (Å²) < 4.78 is 0. The summed E-state index contributed by atoms with van der Waals surface area (Å²) in [6.45, 7) is 1.24. The summed E-state index contributed by atoms with van der Waals surface area (Å²) in [6.07, 6.45) is 1.33. The monoisotopic (exact) mass is 322 g/mol. The Morgan fingerprint density at radius 1 is 1.25 bits per heavy atom. The van der Waals surface area contributed by atoms with E-state index in [1.54, 1.807) is 9.80 Å². The first kappa shape index (κ1) is 15.4. The highest BCUT2D eigenvalue weighted by Gasteiger charge is 2.39. The molecule has 2 rings (SSSR count). The first-order chi connectivity index (χ1) is 9.40. The molecule has 2 heterocycles. The third kappa shape index (κ3) is 3.17. The van der Waals surface area contributed by atoms with Crippen molar-refractivity contribution in [2.75, 3.05) is 19.6 Å². The van der Waals surface area contributed by atoms with Crippen LogP contribution >= 0.6 is 23.2 Å².